The molecule has 6 heteroatoms. The van der Waals surface area contributed by atoms with E-state index in [1.807, 2.05) is 0 Å². The summed E-state index contributed by atoms with van der Waals surface area (Å²) in [6.07, 6.45) is -0.264. The Labute approximate surface area is 128 Å². The van der Waals surface area contributed by atoms with Crippen LogP contribution in [0.1, 0.15) is 20.7 Å². The second kappa shape index (κ2) is 5.52. The molecule has 2 aromatic carbocycles. The Morgan fingerprint density at radius 2 is 1.41 bits per heavy atom. The van der Waals surface area contributed by atoms with Gasteiger partial charge in [0.05, 0.1) is 11.1 Å². The average Bonchev–Trinajstić information content (AvgIpc) is 2.81. The van der Waals surface area contributed by atoms with Crippen LogP contribution in [0.15, 0.2) is 54.6 Å². The van der Waals surface area contributed by atoms with Gasteiger partial charge < -0.3 is 4.52 Å². The highest BCUT2D eigenvalue weighted by atomic mass is 31.2. The number of imide groups is 1. The number of fused-ring (bicyclic) bond motifs is 1. The van der Waals surface area contributed by atoms with Crippen LogP contribution in [0.5, 0.6) is 0 Å². The predicted octanol–water partition coefficient (Wildman–Crippen LogP) is 2.49. The van der Waals surface area contributed by atoms with E-state index in [1.165, 1.54) is 7.11 Å². The Morgan fingerprint density at radius 1 is 0.909 bits per heavy atom. The molecule has 1 aliphatic rings. The van der Waals surface area contributed by atoms with Gasteiger partial charge in [-0.3, -0.25) is 19.1 Å². The van der Waals surface area contributed by atoms with Crippen molar-refractivity contribution in [1.82, 2.24) is 4.90 Å². The van der Waals surface area contributed by atoms with Crippen LogP contribution in [0, 0.1) is 0 Å². The fraction of sp³-hybridized carbons (Fsp3) is 0.125. The third-order valence-electron chi connectivity index (χ3n) is 3.65. The van der Waals surface area contributed by atoms with Crippen molar-refractivity contribution < 1.29 is 18.7 Å². The van der Waals surface area contributed by atoms with Gasteiger partial charge in [-0.1, -0.05) is 30.3 Å². The number of rotatable bonds is 4. The van der Waals surface area contributed by atoms with E-state index in [0.717, 1.165) is 4.90 Å². The fourth-order valence-corrected chi connectivity index (χ4v) is 4.20. The number of amides is 2. The maximum absolute atomic E-state index is 13.0. The molecule has 5 nitrogen and oxygen atoms in total. The Morgan fingerprint density at radius 3 is 1.91 bits per heavy atom. The first-order valence-electron chi connectivity index (χ1n) is 6.72. The zero-order valence-electron chi connectivity index (χ0n) is 11.9. The van der Waals surface area contributed by atoms with Crippen molar-refractivity contribution in [2.45, 2.75) is 0 Å². The van der Waals surface area contributed by atoms with Gasteiger partial charge in [0.15, 0.2) is 0 Å². The van der Waals surface area contributed by atoms with Crippen molar-refractivity contribution in [3.8, 4) is 0 Å². The molecular formula is C16H14NO4P. The minimum atomic E-state index is -3.32. The van der Waals surface area contributed by atoms with E-state index >= 15 is 0 Å². The van der Waals surface area contributed by atoms with Gasteiger partial charge in [-0.25, -0.2) is 0 Å². The lowest BCUT2D eigenvalue weighted by atomic mass is 10.1. The number of carbonyl (C=O) groups is 2. The maximum atomic E-state index is 13.0. The first kappa shape index (κ1) is 14.7. The number of nitrogens with zero attached hydrogens (tertiary/aromatic N) is 1. The molecular weight excluding hydrogens is 301 g/mol. The van der Waals surface area contributed by atoms with E-state index in [9.17, 15) is 14.2 Å². The second-order valence-corrected chi connectivity index (χ2v) is 7.43. The summed E-state index contributed by atoms with van der Waals surface area (Å²) in [6.45, 7) is 0. The number of benzene rings is 2. The summed E-state index contributed by atoms with van der Waals surface area (Å²) in [5, 5.41) is 0.481. The minimum Gasteiger partial charge on any atom is -0.327 e. The SMILES string of the molecule is CO[P@](=O)(CN1C(=O)c2ccccc2C1=O)c1ccccc1. The summed E-state index contributed by atoms with van der Waals surface area (Å²) >= 11 is 0. The third kappa shape index (κ3) is 2.28. The van der Waals surface area contributed by atoms with E-state index in [-0.39, 0.29) is 6.29 Å². The van der Waals surface area contributed by atoms with Gasteiger partial charge in [0.1, 0.15) is 6.29 Å². The van der Waals surface area contributed by atoms with Crippen LogP contribution in [0.3, 0.4) is 0 Å². The molecule has 0 aromatic heterocycles. The van der Waals surface area contributed by atoms with Gasteiger partial charge in [0, 0.05) is 12.4 Å². The van der Waals surface area contributed by atoms with E-state index < -0.39 is 19.2 Å². The van der Waals surface area contributed by atoms with Gasteiger partial charge in [-0.2, -0.15) is 0 Å². The number of hydrogen-bond donors (Lipinski definition) is 0. The van der Waals surface area contributed by atoms with Gasteiger partial charge in [-0.15, -0.1) is 0 Å². The fourth-order valence-electron chi connectivity index (χ4n) is 2.45. The molecule has 0 saturated carbocycles. The standard InChI is InChI=1S/C16H14NO4P/c1-21-22(20,12-7-3-2-4-8-12)11-17-15(18)13-9-5-6-10-14(13)16(17)19/h2-10H,11H2,1H3/t22-/m1/s1. The Balaban J connectivity index is 1.95. The number of hydrogen-bond acceptors (Lipinski definition) is 4. The van der Waals surface area contributed by atoms with Crippen LogP contribution in [0.25, 0.3) is 0 Å². The average molecular weight is 315 g/mol. The molecule has 0 fully saturated rings. The van der Waals surface area contributed by atoms with Crippen LogP contribution < -0.4 is 5.30 Å². The monoisotopic (exact) mass is 315 g/mol. The van der Waals surface area contributed by atoms with Crippen LogP contribution in [0.4, 0.5) is 0 Å². The first-order valence-corrected chi connectivity index (χ1v) is 8.53. The molecule has 22 heavy (non-hydrogen) atoms. The van der Waals surface area contributed by atoms with Crippen molar-refractivity contribution in [2.24, 2.45) is 0 Å². The van der Waals surface area contributed by atoms with Crippen LogP contribution >= 0.6 is 7.37 Å². The van der Waals surface area contributed by atoms with Crippen molar-refractivity contribution in [3.63, 3.8) is 0 Å². The lowest BCUT2D eigenvalue weighted by Crippen LogP contribution is -2.32. The lowest BCUT2D eigenvalue weighted by Gasteiger charge is -2.22. The quantitative estimate of drug-likeness (QED) is 0.642. The maximum Gasteiger partial charge on any atom is 0.262 e. The first-order chi connectivity index (χ1) is 10.6. The van der Waals surface area contributed by atoms with Crippen LogP contribution in [-0.4, -0.2) is 30.1 Å². The van der Waals surface area contributed by atoms with Crippen LogP contribution in [-0.2, 0) is 9.09 Å². The Hall–Kier alpha value is -2.23. The van der Waals surface area contributed by atoms with E-state index in [4.69, 9.17) is 4.52 Å². The van der Waals surface area contributed by atoms with Gasteiger partial charge in [0.25, 0.3) is 19.2 Å². The summed E-state index contributed by atoms with van der Waals surface area (Å²) in [4.78, 5) is 25.7. The topological polar surface area (TPSA) is 63.7 Å². The summed E-state index contributed by atoms with van der Waals surface area (Å²) in [5.41, 5.74) is 0.673. The molecule has 0 bridgehead atoms. The van der Waals surface area contributed by atoms with Crippen molar-refractivity contribution >= 4 is 24.5 Å². The van der Waals surface area contributed by atoms with Crippen molar-refractivity contribution in [3.05, 3.63) is 65.7 Å². The molecule has 2 amide bonds. The normalized spacial score (nSPS) is 16.5. The minimum absolute atomic E-state index is 0.264. The van der Waals surface area contributed by atoms with Crippen molar-refractivity contribution in [2.75, 3.05) is 13.4 Å². The van der Waals surface area contributed by atoms with Gasteiger partial charge in [-0.05, 0) is 24.3 Å². The Kier molecular flexibility index (Phi) is 3.69. The smallest absolute Gasteiger partial charge is 0.262 e. The highest BCUT2D eigenvalue weighted by Gasteiger charge is 2.40. The summed E-state index contributed by atoms with van der Waals surface area (Å²) in [6, 6.07) is 15.2. The van der Waals surface area contributed by atoms with E-state index in [1.54, 1.807) is 54.6 Å². The molecule has 1 aliphatic heterocycles. The van der Waals surface area contributed by atoms with E-state index in [0.29, 0.717) is 16.4 Å². The largest absolute Gasteiger partial charge is 0.327 e. The lowest BCUT2D eigenvalue weighted by molar-refractivity contribution is 0.0676. The van der Waals surface area contributed by atoms with E-state index in [2.05, 4.69) is 0 Å². The molecule has 0 radical (unpaired) electrons. The zero-order valence-corrected chi connectivity index (χ0v) is 12.8. The van der Waals surface area contributed by atoms with Gasteiger partial charge >= 0.3 is 0 Å². The Bertz CT molecular complexity index is 753. The molecule has 2 aromatic rings. The molecule has 0 aliphatic carbocycles. The number of carbonyl (C=O) groups excluding carboxylic acids is 2. The molecule has 0 unspecified atom stereocenters. The molecule has 3 rings (SSSR count). The van der Waals surface area contributed by atoms with Crippen molar-refractivity contribution in [1.29, 1.82) is 0 Å². The summed E-state index contributed by atoms with van der Waals surface area (Å²) in [5.74, 6) is -0.873. The third-order valence-corrected chi connectivity index (χ3v) is 5.98. The summed E-state index contributed by atoms with van der Waals surface area (Å²) in [7, 11) is -2.00. The molecule has 0 N–H and O–H groups in total. The van der Waals surface area contributed by atoms with Crippen LogP contribution in [0.2, 0.25) is 0 Å². The second-order valence-electron chi connectivity index (χ2n) is 4.92. The highest BCUT2D eigenvalue weighted by Crippen LogP contribution is 2.46. The molecule has 1 atom stereocenters. The molecule has 1 heterocycles. The van der Waals surface area contributed by atoms with Gasteiger partial charge in [0.2, 0.25) is 0 Å². The molecule has 0 spiro atoms. The highest BCUT2D eigenvalue weighted by molar-refractivity contribution is 7.66. The predicted molar refractivity (Wildman–Crippen MR) is 82.5 cm³/mol. The molecule has 0 saturated heterocycles. The molecule has 112 valence electrons. The summed E-state index contributed by atoms with van der Waals surface area (Å²) < 4.78 is 18.2. The zero-order chi connectivity index (χ0) is 15.7.